The molecule has 1 atom stereocenters. The van der Waals surface area contributed by atoms with E-state index in [0.717, 1.165) is 0 Å². The van der Waals surface area contributed by atoms with E-state index in [1.54, 1.807) is 6.92 Å². The minimum atomic E-state index is -3.36. The fourth-order valence-corrected chi connectivity index (χ4v) is 1.84. The van der Waals surface area contributed by atoms with Gasteiger partial charge in [-0.2, -0.15) is 0 Å². The zero-order chi connectivity index (χ0) is 10.7. The molecule has 0 spiro atoms. The van der Waals surface area contributed by atoms with Crippen molar-refractivity contribution in [2.24, 2.45) is 0 Å². The summed E-state index contributed by atoms with van der Waals surface area (Å²) < 4.78 is 15.9. The van der Waals surface area contributed by atoms with Crippen molar-refractivity contribution >= 4 is 13.5 Å². The molecule has 0 aromatic carbocycles. The summed E-state index contributed by atoms with van der Waals surface area (Å²) in [6.45, 7) is 4.59. The van der Waals surface area contributed by atoms with Crippen molar-refractivity contribution in [3.8, 4) is 0 Å². The van der Waals surface area contributed by atoms with E-state index >= 15 is 0 Å². The van der Waals surface area contributed by atoms with E-state index < -0.39 is 18.7 Å². The molecule has 78 valence electrons. The Morgan fingerprint density at radius 3 is 2.38 bits per heavy atom. The van der Waals surface area contributed by atoms with Gasteiger partial charge >= 0.3 is 6.09 Å². The smallest absolute Gasteiger partial charge is 0.407 e. The Morgan fingerprint density at radius 2 is 2.08 bits per heavy atom. The van der Waals surface area contributed by atoms with Crippen molar-refractivity contribution in [1.82, 2.24) is 5.32 Å². The molecule has 0 heterocycles. The first kappa shape index (κ1) is 12.5. The van der Waals surface area contributed by atoms with Gasteiger partial charge in [0.1, 0.15) is 5.28 Å². The highest BCUT2D eigenvalue weighted by Gasteiger charge is 2.38. The lowest BCUT2D eigenvalue weighted by molar-refractivity contribution is 0.164. The van der Waals surface area contributed by atoms with Crippen LogP contribution in [-0.2, 0) is 9.30 Å². The zero-order valence-electron chi connectivity index (χ0n) is 8.33. The lowest BCUT2D eigenvalue weighted by atomic mass is 10.4. The number of alkyl carbamates (subject to hydrolysis) is 1. The number of rotatable bonds is 3. The maximum atomic E-state index is 11.5. The third kappa shape index (κ3) is 3.01. The zero-order valence-corrected chi connectivity index (χ0v) is 9.22. The summed E-state index contributed by atoms with van der Waals surface area (Å²) >= 11 is 0. The quantitative estimate of drug-likeness (QED) is 0.688. The Morgan fingerprint density at radius 1 is 1.62 bits per heavy atom. The summed E-state index contributed by atoms with van der Waals surface area (Å²) in [6.07, 6.45) is -0.586. The van der Waals surface area contributed by atoms with Gasteiger partial charge in [0, 0.05) is 6.16 Å². The Labute approximate surface area is 77.9 Å². The van der Waals surface area contributed by atoms with Crippen molar-refractivity contribution in [3.05, 3.63) is 0 Å². The molecule has 0 rings (SSSR count). The molecule has 13 heavy (non-hydrogen) atoms. The van der Waals surface area contributed by atoms with Gasteiger partial charge in [-0.15, -0.1) is 0 Å². The molecule has 0 fully saturated rings. The Balaban J connectivity index is 4.57. The molecule has 0 radical (unpaired) electrons. The van der Waals surface area contributed by atoms with E-state index in [1.165, 1.54) is 21.0 Å². The molecule has 0 aliphatic heterocycles. The monoisotopic (exact) mass is 209 g/mol. The predicted molar refractivity (Wildman–Crippen MR) is 50.0 cm³/mol. The normalized spacial score (nSPS) is 16.1. The van der Waals surface area contributed by atoms with Crippen molar-refractivity contribution in [2.75, 3.05) is 13.3 Å². The van der Waals surface area contributed by atoms with Gasteiger partial charge in [0.2, 0.25) is 7.37 Å². The SMILES string of the molecule is CCP(=O)(O)C(C)(C)NC(=O)OC. The number of hydrogen-bond acceptors (Lipinski definition) is 3. The topological polar surface area (TPSA) is 75.6 Å². The van der Waals surface area contributed by atoms with Crippen LogP contribution in [-0.4, -0.2) is 29.5 Å². The van der Waals surface area contributed by atoms with Crippen LogP contribution in [0.5, 0.6) is 0 Å². The van der Waals surface area contributed by atoms with Crippen LogP contribution in [0.2, 0.25) is 0 Å². The number of methoxy groups -OCH3 is 1. The lowest BCUT2D eigenvalue weighted by Crippen LogP contribution is -2.43. The first-order valence-electron chi connectivity index (χ1n) is 3.95. The summed E-state index contributed by atoms with van der Waals surface area (Å²) in [5, 5.41) is 1.18. The number of ether oxygens (including phenoxy) is 1. The van der Waals surface area contributed by atoms with E-state index in [0.29, 0.717) is 0 Å². The molecule has 0 aromatic rings. The minimum absolute atomic E-state index is 0.115. The fourth-order valence-electron chi connectivity index (χ4n) is 0.783. The lowest BCUT2D eigenvalue weighted by Gasteiger charge is -2.29. The van der Waals surface area contributed by atoms with E-state index in [4.69, 9.17) is 0 Å². The second-order valence-electron chi connectivity index (χ2n) is 3.19. The summed E-state index contributed by atoms with van der Waals surface area (Å²) in [7, 11) is -2.15. The number of carbonyl (C=O) groups excluding carboxylic acids is 1. The van der Waals surface area contributed by atoms with Crippen molar-refractivity contribution < 1.29 is 19.0 Å². The van der Waals surface area contributed by atoms with Crippen LogP contribution < -0.4 is 5.32 Å². The molecular weight excluding hydrogens is 193 g/mol. The molecule has 0 aliphatic rings. The minimum Gasteiger partial charge on any atom is -0.453 e. The molecule has 1 amide bonds. The van der Waals surface area contributed by atoms with Crippen molar-refractivity contribution in [2.45, 2.75) is 26.1 Å². The molecule has 0 bridgehead atoms. The van der Waals surface area contributed by atoms with Gasteiger partial charge in [0.15, 0.2) is 0 Å². The molecule has 0 saturated heterocycles. The summed E-state index contributed by atoms with van der Waals surface area (Å²) in [6, 6.07) is 0. The highest BCUT2D eigenvalue weighted by Crippen LogP contribution is 2.51. The van der Waals surface area contributed by atoms with Crippen LogP contribution in [0, 0.1) is 0 Å². The largest absolute Gasteiger partial charge is 0.453 e. The number of carbonyl (C=O) groups is 1. The van der Waals surface area contributed by atoms with Crippen molar-refractivity contribution in [1.29, 1.82) is 0 Å². The van der Waals surface area contributed by atoms with Crippen LogP contribution in [0.1, 0.15) is 20.8 Å². The van der Waals surface area contributed by atoms with Gasteiger partial charge in [-0.3, -0.25) is 4.57 Å². The number of nitrogens with one attached hydrogen (secondary N) is 1. The molecule has 1 unspecified atom stereocenters. The molecular formula is C7H16NO4P. The first-order valence-corrected chi connectivity index (χ1v) is 5.79. The van der Waals surface area contributed by atoms with Crippen LogP contribution in [0.25, 0.3) is 0 Å². The van der Waals surface area contributed by atoms with E-state index in [9.17, 15) is 14.3 Å². The van der Waals surface area contributed by atoms with Gasteiger partial charge in [0.05, 0.1) is 7.11 Å². The summed E-state index contributed by atoms with van der Waals surface area (Å²) in [5.74, 6) is 0. The van der Waals surface area contributed by atoms with Crippen LogP contribution in [0.4, 0.5) is 4.79 Å². The standard InChI is InChI=1S/C7H16NO4P/c1-5-13(10,11)7(2,3)8-6(9)12-4/h5H2,1-4H3,(H,8,9)(H,10,11). The highest BCUT2D eigenvalue weighted by molar-refractivity contribution is 7.59. The second-order valence-corrected chi connectivity index (χ2v) is 6.35. The number of hydrogen-bond donors (Lipinski definition) is 2. The highest BCUT2D eigenvalue weighted by atomic mass is 31.2. The fraction of sp³-hybridized carbons (Fsp3) is 0.857. The second kappa shape index (κ2) is 4.11. The third-order valence-corrected chi connectivity index (χ3v) is 4.61. The first-order chi connectivity index (χ1) is 5.77. The predicted octanol–water partition coefficient (Wildman–Crippen LogP) is 1.37. The molecule has 0 saturated carbocycles. The van der Waals surface area contributed by atoms with E-state index in [2.05, 4.69) is 10.1 Å². The maximum absolute atomic E-state index is 11.5. The summed E-state index contributed by atoms with van der Waals surface area (Å²) in [4.78, 5) is 20.3. The van der Waals surface area contributed by atoms with Gasteiger partial charge in [-0.1, -0.05) is 6.92 Å². The average molecular weight is 209 g/mol. The van der Waals surface area contributed by atoms with Gasteiger partial charge in [-0.05, 0) is 13.8 Å². The Kier molecular flexibility index (Phi) is 3.94. The van der Waals surface area contributed by atoms with Gasteiger partial charge in [0.25, 0.3) is 0 Å². The van der Waals surface area contributed by atoms with Crippen molar-refractivity contribution in [3.63, 3.8) is 0 Å². The molecule has 0 aromatic heterocycles. The number of amides is 1. The van der Waals surface area contributed by atoms with E-state index in [-0.39, 0.29) is 6.16 Å². The molecule has 0 aliphatic carbocycles. The Bertz CT molecular complexity index is 239. The van der Waals surface area contributed by atoms with Crippen LogP contribution in [0.15, 0.2) is 0 Å². The molecule has 6 heteroatoms. The third-order valence-electron chi connectivity index (χ3n) is 1.90. The average Bonchev–Trinajstić information content (AvgIpc) is 2.03. The van der Waals surface area contributed by atoms with Gasteiger partial charge in [-0.25, -0.2) is 4.79 Å². The maximum Gasteiger partial charge on any atom is 0.407 e. The molecule has 2 N–H and O–H groups in total. The van der Waals surface area contributed by atoms with Crippen LogP contribution in [0.3, 0.4) is 0 Å². The van der Waals surface area contributed by atoms with E-state index in [1.807, 2.05) is 0 Å². The molecule has 5 nitrogen and oxygen atoms in total. The van der Waals surface area contributed by atoms with Crippen LogP contribution >= 0.6 is 7.37 Å². The Hall–Kier alpha value is -0.540. The van der Waals surface area contributed by atoms with Gasteiger partial charge < -0.3 is 14.9 Å². The summed E-state index contributed by atoms with van der Waals surface area (Å²) in [5.41, 5.74) is 0.